The molecule has 2 rings (SSSR count). The van der Waals surface area contributed by atoms with Crippen LogP contribution in [-0.4, -0.2) is 27.6 Å². The van der Waals surface area contributed by atoms with Crippen molar-refractivity contribution in [2.24, 2.45) is 0 Å². The van der Waals surface area contributed by atoms with E-state index in [-0.39, 0.29) is 18.0 Å². The first-order chi connectivity index (χ1) is 9.18. The first-order valence-corrected chi connectivity index (χ1v) is 5.83. The Morgan fingerprint density at radius 2 is 1.95 bits per heavy atom. The van der Waals surface area contributed by atoms with Crippen LogP contribution >= 0.6 is 0 Å². The molecule has 98 valence electrons. The summed E-state index contributed by atoms with van der Waals surface area (Å²) < 4.78 is 0. The van der Waals surface area contributed by atoms with Crippen LogP contribution in [0.25, 0.3) is 0 Å². The molecule has 0 fully saturated rings. The number of aliphatic hydroxyl groups is 1. The standard InChI is InChI=1S/C14H14N2O3/c17-11-7-4-8-15-13(11)14(19)16-9-12(18)10-5-2-1-3-6-10/h1-8,12,17-18H,9H2,(H,16,19). The van der Waals surface area contributed by atoms with Crippen molar-refractivity contribution in [1.82, 2.24) is 10.3 Å². The van der Waals surface area contributed by atoms with Crippen LogP contribution in [0.3, 0.4) is 0 Å². The van der Waals surface area contributed by atoms with Crippen molar-refractivity contribution in [2.75, 3.05) is 6.54 Å². The molecule has 1 amide bonds. The summed E-state index contributed by atoms with van der Waals surface area (Å²) in [6, 6.07) is 11.9. The number of nitrogens with zero attached hydrogens (tertiary/aromatic N) is 1. The van der Waals surface area contributed by atoms with Crippen molar-refractivity contribution < 1.29 is 15.0 Å². The summed E-state index contributed by atoms with van der Waals surface area (Å²) in [5, 5.41) is 21.9. The lowest BCUT2D eigenvalue weighted by Gasteiger charge is -2.12. The molecule has 1 aromatic heterocycles. The van der Waals surface area contributed by atoms with Crippen LogP contribution in [-0.2, 0) is 0 Å². The molecule has 0 bridgehead atoms. The second-order valence-electron chi connectivity index (χ2n) is 4.01. The molecule has 1 aromatic carbocycles. The minimum Gasteiger partial charge on any atom is -0.505 e. The maximum Gasteiger partial charge on any atom is 0.273 e. The number of aliphatic hydroxyl groups excluding tert-OH is 1. The second kappa shape index (κ2) is 5.97. The van der Waals surface area contributed by atoms with Gasteiger partial charge in [0.2, 0.25) is 0 Å². The molecular weight excluding hydrogens is 244 g/mol. The summed E-state index contributed by atoms with van der Waals surface area (Å²) in [7, 11) is 0. The number of pyridine rings is 1. The van der Waals surface area contributed by atoms with Crippen molar-refractivity contribution in [2.45, 2.75) is 6.10 Å². The van der Waals surface area contributed by atoms with Gasteiger partial charge >= 0.3 is 0 Å². The fraction of sp³-hybridized carbons (Fsp3) is 0.143. The number of rotatable bonds is 4. The summed E-state index contributed by atoms with van der Waals surface area (Å²) in [5.74, 6) is -0.706. The van der Waals surface area contributed by atoms with Gasteiger partial charge < -0.3 is 15.5 Å². The molecule has 0 saturated heterocycles. The Hall–Kier alpha value is -2.40. The molecule has 0 spiro atoms. The zero-order valence-corrected chi connectivity index (χ0v) is 10.2. The van der Waals surface area contributed by atoms with Crippen molar-refractivity contribution >= 4 is 5.91 Å². The van der Waals surface area contributed by atoms with Crippen molar-refractivity contribution in [3.8, 4) is 5.75 Å². The Bertz CT molecular complexity index is 558. The number of hydrogen-bond donors (Lipinski definition) is 3. The third-order valence-corrected chi connectivity index (χ3v) is 2.64. The average Bonchev–Trinajstić information content (AvgIpc) is 2.46. The Morgan fingerprint density at radius 3 is 2.63 bits per heavy atom. The lowest BCUT2D eigenvalue weighted by molar-refractivity contribution is 0.0908. The van der Waals surface area contributed by atoms with Gasteiger partial charge in [0.25, 0.3) is 5.91 Å². The number of amides is 1. The SMILES string of the molecule is O=C(NCC(O)c1ccccc1)c1ncccc1O. The minimum absolute atomic E-state index is 0.0530. The quantitative estimate of drug-likeness (QED) is 0.770. The fourth-order valence-electron chi connectivity index (χ4n) is 1.64. The molecule has 0 aliphatic carbocycles. The van der Waals surface area contributed by atoms with E-state index in [0.717, 1.165) is 0 Å². The Balaban J connectivity index is 1.96. The Kier molecular flexibility index (Phi) is 4.10. The van der Waals surface area contributed by atoms with Gasteiger partial charge in [-0.05, 0) is 17.7 Å². The van der Waals surface area contributed by atoms with Gasteiger partial charge in [0.15, 0.2) is 5.69 Å². The minimum atomic E-state index is -0.795. The van der Waals surface area contributed by atoms with Gasteiger partial charge in [0, 0.05) is 12.7 Å². The van der Waals surface area contributed by atoms with Gasteiger partial charge in [-0.25, -0.2) is 4.98 Å². The molecule has 5 heteroatoms. The molecule has 3 N–H and O–H groups in total. The normalized spacial score (nSPS) is 11.8. The van der Waals surface area contributed by atoms with Crippen molar-refractivity contribution in [1.29, 1.82) is 0 Å². The van der Waals surface area contributed by atoms with Crippen LogP contribution in [0.2, 0.25) is 0 Å². The van der Waals surface area contributed by atoms with E-state index in [4.69, 9.17) is 0 Å². The van der Waals surface area contributed by atoms with Crippen LogP contribution < -0.4 is 5.32 Å². The Labute approximate surface area is 110 Å². The van der Waals surface area contributed by atoms with E-state index in [0.29, 0.717) is 5.56 Å². The molecule has 1 atom stereocenters. The summed E-state index contributed by atoms with van der Waals surface area (Å²) >= 11 is 0. The van der Waals surface area contributed by atoms with Gasteiger partial charge in [0.05, 0.1) is 6.10 Å². The zero-order valence-electron chi connectivity index (χ0n) is 10.2. The maximum atomic E-state index is 11.8. The van der Waals surface area contributed by atoms with Crippen molar-refractivity contribution in [3.63, 3.8) is 0 Å². The monoisotopic (exact) mass is 258 g/mol. The third-order valence-electron chi connectivity index (χ3n) is 2.64. The molecule has 2 aromatic rings. The zero-order chi connectivity index (χ0) is 13.7. The molecule has 0 radical (unpaired) electrons. The number of hydrogen-bond acceptors (Lipinski definition) is 4. The van der Waals surface area contributed by atoms with Crippen LogP contribution in [0.4, 0.5) is 0 Å². The predicted molar refractivity (Wildman–Crippen MR) is 69.6 cm³/mol. The molecule has 0 saturated carbocycles. The van der Waals surface area contributed by atoms with Crippen LogP contribution in [0.1, 0.15) is 22.2 Å². The lowest BCUT2D eigenvalue weighted by atomic mass is 10.1. The fourth-order valence-corrected chi connectivity index (χ4v) is 1.64. The summed E-state index contributed by atoms with van der Waals surface area (Å²) in [6.45, 7) is 0.0544. The van der Waals surface area contributed by atoms with E-state index in [2.05, 4.69) is 10.3 Å². The van der Waals surface area contributed by atoms with E-state index in [1.165, 1.54) is 18.3 Å². The van der Waals surface area contributed by atoms with E-state index in [1.807, 2.05) is 18.2 Å². The van der Waals surface area contributed by atoms with Crippen molar-refractivity contribution in [3.05, 3.63) is 59.9 Å². The number of carbonyl (C=O) groups is 1. The highest BCUT2D eigenvalue weighted by atomic mass is 16.3. The second-order valence-corrected chi connectivity index (χ2v) is 4.01. The molecular formula is C14H14N2O3. The topological polar surface area (TPSA) is 82.5 Å². The molecule has 19 heavy (non-hydrogen) atoms. The maximum absolute atomic E-state index is 11.8. The Morgan fingerprint density at radius 1 is 1.21 bits per heavy atom. The number of carbonyl (C=O) groups excluding carboxylic acids is 1. The van der Waals surface area contributed by atoms with Crippen LogP contribution in [0.5, 0.6) is 5.75 Å². The predicted octanol–water partition coefficient (Wildman–Crippen LogP) is 1.25. The summed E-state index contributed by atoms with van der Waals surface area (Å²) in [6.07, 6.45) is 0.624. The molecule has 1 heterocycles. The van der Waals surface area contributed by atoms with Crippen LogP contribution in [0.15, 0.2) is 48.7 Å². The van der Waals surface area contributed by atoms with Crippen LogP contribution in [0, 0.1) is 0 Å². The lowest BCUT2D eigenvalue weighted by Crippen LogP contribution is -2.29. The number of nitrogens with one attached hydrogen (secondary N) is 1. The van der Waals surface area contributed by atoms with E-state index in [1.54, 1.807) is 12.1 Å². The highest BCUT2D eigenvalue weighted by Gasteiger charge is 2.14. The van der Waals surface area contributed by atoms with Gasteiger partial charge in [0.1, 0.15) is 5.75 Å². The highest BCUT2D eigenvalue weighted by molar-refractivity contribution is 5.94. The number of aromatic hydroxyl groups is 1. The van der Waals surface area contributed by atoms with Gasteiger partial charge in [-0.1, -0.05) is 30.3 Å². The first-order valence-electron chi connectivity index (χ1n) is 5.83. The number of benzene rings is 1. The number of aromatic nitrogens is 1. The van der Waals surface area contributed by atoms with E-state index in [9.17, 15) is 15.0 Å². The smallest absolute Gasteiger partial charge is 0.273 e. The van der Waals surface area contributed by atoms with E-state index >= 15 is 0 Å². The molecule has 0 aliphatic rings. The third kappa shape index (κ3) is 3.29. The van der Waals surface area contributed by atoms with E-state index < -0.39 is 12.0 Å². The summed E-state index contributed by atoms with van der Waals surface area (Å²) in [4.78, 5) is 15.5. The van der Waals surface area contributed by atoms with Gasteiger partial charge in [-0.2, -0.15) is 0 Å². The molecule has 5 nitrogen and oxygen atoms in total. The highest BCUT2D eigenvalue weighted by Crippen LogP contribution is 2.13. The summed E-state index contributed by atoms with van der Waals surface area (Å²) in [5.41, 5.74) is 0.663. The van der Waals surface area contributed by atoms with Gasteiger partial charge in [-0.3, -0.25) is 4.79 Å². The van der Waals surface area contributed by atoms with Gasteiger partial charge in [-0.15, -0.1) is 0 Å². The average molecular weight is 258 g/mol. The largest absolute Gasteiger partial charge is 0.505 e. The molecule has 1 unspecified atom stereocenters. The molecule has 0 aliphatic heterocycles. The first kappa shape index (κ1) is 13.0.